The highest BCUT2D eigenvalue weighted by molar-refractivity contribution is 5.74. The van der Waals surface area contributed by atoms with Gasteiger partial charge in [-0.2, -0.15) is 5.10 Å². The molecule has 2 aromatic heterocycles. The van der Waals surface area contributed by atoms with E-state index in [4.69, 9.17) is 0 Å². The second-order valence-corrected chi connectivity index (χ2v) is 6.30. The van der Waals surface area contributed by atoms with E-state index in [-0.39, 0.29) is 12.1 Å². The Bertz CT molecular complexity index is 709. The van der Waals surface area contributed by atoms with Crippen LogP contribution in [0.4, 0.5) is 4.79 Å². The van der Waals surface area contributed by atoms with Gasteiger partial charge in [-0.3, -0.25) is 9.67 Å². The van der Waals surface area contributed by atoms with Gasteiger partial charge >= 0.3 is 6.03 Å². The fourth-order valence-electron chi connectivity index (χ4n) is 2.97. The monoisotopic (exact) mass is 313 g/mol. The molecule has 3 heterocycles. The highest BCUT2D eigenvalue weighted by Crippen LogP contribution is 2.21. The van der Waals surface area contributed by atoms with Gasteiger partial charge in [-0.1, -0.05) is 0 Å². The normalized spacial score (nSPS) is 17.5. The molecule has 2 aromatic rings. The van der Waals surface area contributed by atoms with E-state index in [1.165, 1.54) is 0 Å². The van der Waals surface area contributed by atoms with Crippen LogP contribution in [0.2, 0.25) is 0 Å². The lowest BCUT2D eigenvalue weighted by Gasteiger charge is -2.18. The molecule has 0 spiro atoms. The third-order valence-electron chi connectivity index (χ3n) is 4.34. The van der Waals surface area contributed by atoms with Crippen LogP contribution in [0, 0.1) is 20.8 Å². The van der Waals surface area contributed by atoms with Crippen molar-refractivity contribution < 1.29 is 4.79 Å². The quantitative estimate of drug-likeness (QED) is 0.946. The number of nitrogens with zero attached hydrogens (tertiary/aromatic N) is 4. The number of urea groups is 1. The molecule has 6 heteroatoms. The number of hydrogen-bond donors (Lipinski definition) is 1. The Morgan fingerprint density at radius 1 is 1.35 bits per heavy atom. The maximum absolute atomic E-state index is 12.3. The molecular weight excluding hydrogens is 290 g/mol. The van der Waals surface area contributed by atoms with E-state index in [0.29, 0.717) is 13.1 Å². The molecule has 1 atom stereocenters. The molecule has 23 heavy (non-hydrogen) atoms. The molecule has 122 valence electrons. The molecule has 3 rings (SSSR count). The zero-order chi connectivity index (χ0) is 16.4. The second-order valence-electron chi connectivity index (χ2n) is 6.30. The summed E-state index contributed by atoms with van der Waals surface area (Å²) in [6.07, 6.45) is 6.67. The molecule has 1 unspecified atom stereocenters. The molecule has 0 aromatic carbocycles. The van der Waals surface area contributed by atoms with Crippen molar-refractivity contribution in [2.24, 2.45) is 0 Å². The summed E-state index contributed by atoms with van der Waals surface area (Å²) >= 11 is 0. The maximum atomic E-state index is 12.3. The molecule has 0 bridgehead atoms. The summed E-state index contributed by atoms with van der Waals surface area (Å²) < 4.78 is 1.97. The second kappa shape index (κ2) is 6.40. The average molecular weight is 313 g/mol. The maximum Gasteiger partial charge on any atom is 0.317 e. The summed E-state index contributed by atoms with van der Waals surface area (Å²) in [6, 6.07) is 2.29. The van der Waals surface area contributed by atoms with Gasteiger partial charge in [0.1, 0.15) is 0 Å². The lowest BCUT2D eigenvalue weighted by Crippen LogP contribution is -2.38. The Labute approximate surface area is 136 Å². The van der Waals surface area contributed by atoms with Gasteiger partial charge in [0.05, 0.1) is 12.2 Å². The number of carbonyl (C=O) groups excluding carboxylic acids is 1. The first kappa shape index (κ1) is 15.5. The third-order valence-corrected chi connectivity index (χ3v) is 4.34. The van der Waals surface area contributed by atoms with Crippen LogP contribution in [0.1, 0.15) is 34.8 Å². The molecule has 0 radical (unpaired) electrons. The van der Waals surface area contributed by atoms with Crippen LogP contribution in [0.3, 0.4) is 0 Å². The molecule has 1 N–H and O–H groups in total. The predicted molar refractivity (Wildman–Crippen MR) is 88.1 cm³/mol. The van der Waals surface area contributed by atoms with Crippen LogP contribution in [0.5, 0.6) is 0 Å². The van der Waals surface area contributed by atoms with E-state index in [9.17, 15) is 4.79 Å². The van der Waals surface area contributed by atoms with Crippen molar-refractivity contribution in [3.05, 3.63) is 47.0 Å². The number of nitrogens with one attached hydrogen (secondary N) is 1. The van der Waals surface area contributed by atoms with E-state index in [2.05, 4.69) is 15.4 Å². The summed E-state index contributed by atoms with van der Waals surface area (Å²) in [5, 5.41) is 7.35. The Morgan fingerprint density at radius 3 is 2.87 bits per heavy atom. The molecular formula is C17H23N5O. The first-order valence-corrected chi connectivity index (χ1v) is 7.98. The number of carbonyl (C=O) groups is 1. The first-order chi connectivity index (χ1) is 11.0. The van der Waals surface area contributed by atoms with Crippen molar-refractivity contribution in [2.45, 2.75) is 39.8 Å². The van der Waals surface area contributed by atoms with E-state index in [0.717, 1.165) is 35.3 Å². The zero-order valence-electron chi connectivity index (χ0n) is 13.9. The van der Waals surface area contributed by atoms with Gasteiger partial charge in [-0.25, -0.2) is 4.79 Å². The van der Waals surface area contributed by atoms with E-state index >= 15 is 0 Å². The molecule has 2 amide bonds. The van der Waals surface area contributed by atoms with Gasteiger partial charge in [0.25, 0.3) is 0 Å². The number of pyridine rings is 1. The first-order valence-electron chi connectivity index (χ1n) is 7.98. The molecule has 0 aliphatic carbocycles. The largest absolute Gasteiger partial charge is 0.334 e. The molecule has 1 aliphatic rings. The van der Waals surface area contributed by atoms with Crippen molar-refractivity contribution in [1.29, 1.82) is 0 Å². The van der Waals surface area contributed by atoms with Crippen LogP contribution in [0.25, 0.3) is 0 Å². The van der Waals surface area contributed by atoms with Crippen molar-refractivity contribution in [3.8, 4) is 0 Å². The minimum absolute atomic E-state index is 0.0173. The van der Waals surface area contributed by atoms with Crippen LogP contribution in [0.15, 0.2) is 24.7 Å². The lowest BCUT2D eigenvalue weighted by atomic mass is 10.1. The Morgan fingerprint density at radius 2 is 2.17 bits per heavy atom. The Kier molecular flexibility index (Phi) is 4.32. The summed E-state index contributed by atoms with van der Waals surface area (Å²) in [7, 11) is 0. The van der Waals surface area contributed by atoms with Gasteiger partial charge in [0.15, 0.2) is 0 Å². The highest BCUT2D eigenvalue weighted by Gasteiger charge is 2.27. The molecule has 0 saturated carbocycles. The molecule has 6 nitrogen and oxygen atoms in total. The van der Waals surface area contributed by atoms with Crippen LogP contribution < -0.4 is 5.32 Å². The smallest absolute Gasteiger partial charge is 0.317 e. The molecule has 1 saturated heterocycles. The lowest BCUT2D eigenvalue weighted by molar-refractivity contribution is 0.206. The van der Waals surface area contributed by atoms with Crippen molar-refractivity contribution in [3.63, 3.8) is 0 Å². The fourth-order valence-corrected chi connectivity index (χ4v) is 2.97. The van der Waals surface area contributed by atoms with Crippen LogP contribution >= 0.6 is 0 Å². The highest BCUT2D eigenvalue weighted by atomic mass is 16.2. The van der Waals surface area contributed by atoms with E-state index in [1.807, 2.05) is 55.0 Å². The number of rotatable bonds is 3. The van der Waals surface area contributed by atoms with Crippen molar-refractivity contribution in [2.75, 3.05) is 13.1 Å². The number of aryl methyl sites for hydroxylation is 3. The van der Waals surface area contributed by atoms with Crippen molar-refractivity contribution >= 4 is 6.03 Å². The summed E-state index contributed by atoms with van der Waals surface area (Å²) in [4.78, 5) is 18.5. The van der Waals surface area contributed by atoms with Crippen molar-refractivity contribution in [1.82, 2.24) is 25.0 Å². The summed E-state index contributed by atoms with van der Waals surface area (Å²) in [5.74, 6) is 0. The number of likely N-dealkylation sites (tertiary alicyclic amines) is 1. The minimum Gasteiger partial charge on any atom is -0.334 e. The summed E-state index contributed by atoms with van der Waals surface area (Å²) in [6.45, 7) is 8.03. The van der Waals surface area contributed by atoms with E-state index < -0.39 is 0 Å². The van der Waals surface area contributed by atoms with E-state index in [1.54, 1.807) is 0 Å². The summed E-state index contributed by atoms with van der Waals surface area (Å²) in [5.41, 5.74) is 4.36. The van der Waals surface area contributed by atoms with Crippen LogP contribution in [-0.2, 0) is 6.54 Å². The predicted octanol–water partition coefficient (Wildman–Crippen LogP) is 2.36. The van der Waals surface area contributed by atoms with Gasteiger partial charge in [-0.05, 0) is 49.9 Å². The SMILES string of the molecule is Cc1cnn(C2CCN(C(=O)NCc3cnc(C)cc3C)C2)c1. The Hall–Kier alpha value is -2.37. The van der Waals surface area contributed by atoms with Gasteiger partial charge < -0.3 is 10.2 Å². The number of amides is 2. The fraction of sp³-hybridized carbons (Fsp3) is 0.471. The van der Waals surface area contributed by atoms with Gasteiger partial charge in [0, 0.05) is 37.7 Å². The number of hydrogen-bond acceptors (Lipinski definition) is 3. The Balaban J connectivity index is 1.55. The standard InChI is InChI=1S/C17H23N5O/c1-12-7-20-22(10-12)16-4-5-21(11-16)17(23)19-9-15-8-18-14(3)6-13(15)2/h6-8,10,16H,4-5,9,11H2,1-3H3,(H,19,23). The number of aromatic nitrogens is 3. The topological polar surface area (TPSA) is 63.1 Å². The van der Waals surface area contributed by atoms with Gasteiger partial charge in [-0.15, -0.1) is 0 Å². The van der Waals surface area contributed by atoms with Gasteiger partial charge in [0.2, 0.25) is 0 Å². The van der Waals surface area contributed by atoms with Crippen LogP contribution in [-0.4, -0.2) is 38.8 Å². The zero-order valence-corrected chi connectivity index (χ0v) is 13.9. The third kappa shape index (κ3) is 3.52. The minimum atomic E-state index is -0.0173. The molecule has 1 aliphatic heterocycles. The average Bonchev–Trinajstić information content (AvgIpc) is 3.14. The molecule has 1 fully saturated rings.